The monoisotopic (exact) mass is 405 g/mol. The number of benzene rings is 1. The largest absolute Gasteiger partial charge is 0.465 e. The summed E-state index contributed by atoms with van der Waals surface area (Å²) in [6, 6.07) is 12.5. The molecule has 30 heavy (non-hydrogen) atoms. The summed E-state index contributed by atoms with van der Waals surface area (Å²) in [4.78, 5) is 25.9. The highest BCUT2D eigenvalue weighted by molar-refractivity contribution is 5.84. The lowest BCUT2D eigenvalue weighted by molar-refractivity contribution is -0.124. The molecule has 0 saturated carbocycles. The van der Waals surface area contributed by atoms with Crippen LogP contribution in [0.3, 0.4) is 0 Å². The van der Waals surface area contributed by atoms with E-state index in [0.717, 1.165) is 11.4 Å². The first-order valence-corrected chi connectivity index (χ1v) is 9.74. The second-order valence-corrected chi connectivity index (χ2v) is 7.30. The molecular formula is C22H23N5O3. The van der Waals surface area contributed by atoms with Crippen molar-refractivity contribution in [2.45, 2.75) is 40.3 Å². The Labute approximate surface area is 173 Å². The topological polar surface area (TPSA) is 95.0 Å². The molecule has 8 heteroatoms. The second kappa shape index (κ2) is 7.62. The molecule has 0 aliphatic heterocycles. The Balaban J connectivity index is 1.69. The van der Waals surface area contributed by atoms with E-state index < -0.39 is 6.04 Å². The van der Waals surface area contributed by atoms with Crippen molar-refractivity contribution in [1.29, 1.82) is 0 Å². The summed E-state index contributed by atoms with van der Waals surface area (Å²) in [5, 5.41) is 12.2. The van der Waals surface area contributed by atoms with Crippen molar-refractivity contribution in [1.82, 2.24) is 24.9 Å². The summed E-state index contributed by atoms with van der Waals surface area (Å²) < 4.78 is 8.43. The third-order valence-electron chi connectivity index (χ3n) is 5.12. The van der Waals surface area contributed by atoms with Gasteiger partial charge in [-0.3, -0.25) is 9.59 Å². The van der Waals surface area contributed by atoms with Crippen molar-refractivity contribution in [3.05, 3.63) is 75.7 Å². The van der Waals surface area contributed by atoms with Crippen LogP contribution in [0, 0.1) is 20.8 Å². The van der Waals surface area contributed by atoms with E-state index in [-0.39, 0.29) is 18.0 Å². The standard InChI is InChI=1S/C22H23N5O3/c1-13-10-11-18(30-13)12-23-21(28)16(4)27-22(29)19-15(3)26(17-8-6-5-7-9-17)25-20(19)14(2)24-27/h5-11,16H,12H2,1-4H3,(H,23,28). The number of fused-ring (bicyclic) bond motifs is 1. The molecule has 1 atom stereocenters. The first-order valence-electron chi connectivity index (χ1n) is 9.74. The van der Waals surface area contributed by atoms with Crippen LogP contribution < -0.4 is 10.9 Å². The normalized spacial score (nSPS) is 12.3. The molecule has 0 radical (unpaired) electrons. The van der Waals surface area contributed by atoms with Gasteiger partial charge in [0.05, 0.1) is 29.0 Å². The number of carbonyl (C=O) groups excluding carboxylic acids is 1. The van der Waals surface area contributed by atoms with Gasteiger partial charge >= 0.3 is 0 Å². The van der Waals surface area contributed by atoms with Crippen molar-refractivity contribution in [2.24, 2.45) is 0 Å². The number of nitrogens with one attached hydrogen (secondary N) is 1. The molecule has 3 heterocycles. The van der Waals surface area contributed by atoms with Crippen LogP contribution in [-0.4, -0.2) is 25.5 Å². The molecule has 1 aromatic carbocycles. The number of hydrogen-bond acceptors (Lipinski definition) is 5. The minimum absolute atomic E-state index is 0.248. The number of carbonyl (C=O) groups is 1. The highest BCUT2D eigenvalue weighted by Crippen LogP contribution is 2.20. The highest BCUT2D eigenvalue weighted by Gasteiger charge is 2.23. The van der Waals surface area contributed by atoms with E-state index in [1.165, 1.54) is 4.68 Å². The van der Waals surface area contributed by atoms with Crippen LogP contribution in [0.5, 0.6) is 0 Å². The highest BCUT2D eigenvalue weighted by atomic mass is 16.3. The van der Waals surface area contributed by atoms with E-state index in [9.17, 15) is 9.59 Å². The van der Waals surface area contributed by atoms with Gasteiger partial charge in [-0.2, -0.15) is 10.2 Å². The number of amides is 1. The van der Waals surface area contributed by atoms with Gasteiger partial charge in [-0.05, 0) is 52.0 Å². The van der Waals surface area contributed by atoms with Crippen LogP contribution >= 0.6 is 0 Å². The Morgan fingerprint density at radius 3 is 2.50 bits per heavy atom. The average molecular weight is 405 g/mol. The van der Waals surface area contributed by atoms with Gasteiger partial charge in [-0.25, -0.2) is 9.36 Å². The van der Waals surface area contributed by atoms with E-state index >= 15 is 0 Å². The lowest BCUT2D eigenvalue weighted by atomic mass is 10.2. The van der Waals surface area contributed by atoms with Crippen molar-refractivity contribution < 1.29 is 9.21 Å². The molecule has 1 unspecified atom stereocenters. The molecule has 8 nitrogen and oxygen atoms in total. The van der Waals surface area contributed by atoms with Crippen molar-refractivity contribution in [3.63, 3.8) is 0 Å². The molecule has 0 saturated heterocycles. The SMILES string of the molecule is Cc1ccc(CNC(=O)C(C)n2nc(C)c3nn(-c4ccccc4)c(C)c3c2=O)o1. The lowest BCUT2D eigenvalue weighted by Crippen LogP contribution is -2.37. The summed E-state index contributed by atoms with van der Waals surface area (Å²) in [7, 11) is 0. The maximum Gasteiger partial charge on any atom is 0.278 e. The Kier molecular flexibility index (Phi) is 4.99. The van der Waals surface area contributed by atoms with E-state index in [4.69, 9.17) is 4.42 Å². The van der Waals surface area contributed by atoms with Crippen molar-refractivity contribution in [3.8, 4) is 5.69 Å². The average Bonchev–Trinajstić information content (AvgIpc) is 3.32. The molecule has 154 valence electrons. The van der Waals surface area contributed by atoms with Crippen molar-refractivity contribution >= 4 is 16.8 Å². The van der Waals surface area contributed by atoms with Crippen LogP contribution in [0.1, 0.15) is 35.9 Å². The second-order valence-electron chi connectivity index (χ2n) is 7.30. The van der Waals surface area contributed by atoms with Gasteiger partial charge in [0.1, 0.15) is 23.1 Å². The minimum atomic E-state index is -0.781. The quantitative estimate of drug-likeness (QED) is 0.551. The lowest BCUT2D eigenvalue weighted by Gasteiger charge is -2.14. The fraction of sp³-hybridized carbons (Fsp3) is 0.273. The fourth-order valence-corrected chi connectivity index (χ4v) is 3.48. The van der Waals surface area contributed by atoms with Gasteiger partial charge in [0, 0.05) is 0 Å². The number of hydrogen-bond donors (Lipinski definition) is 1. The number of para-hydroxylation sites is 1. The number of aryl methyl sites for hydroxylation is 3. The number of aromatic nitrogens is 4. The molecule has 0 spiro atoms. The maximum absolute atomic E-state index is 13.2. The molecule has 0 aliphatic rings. The van der Waals surface area contributed by atoms with E-state index in [2.05, 4.69) is 15.5 Å². The van der Waals surface area contributed by atoms with E-state index in [1.807, 2.05) is 56.3 Å². The molecule has 3 aromatic heterocycles. The zero-order valence-corrected chi connectivity index (χ0v) is 17.3. The van der Waals surface area contributed by atoms with Crippen LogP contribution in [0.15, 0.2) is 51.7 Å². The number of nitrogens with zero attached hydrogens (tertiary/aromatic N) is 4. The van der Waals surface area contributed by atoms with Gasteiger partial charge in [0.25, 0.3) is 5.56 Å². The first-order chi connectivity index (χ1) is 14.4. The molecule has 1 amide bonds. The Hall–Kier alpha value is -3.68. The number of rotatable bonds is 5. The first kappa shape index (κ1) is 19.6. The van der Waals surface area contributed by atoms with Gasteiger partial charge < -0.3 is 9.73 Å². The smallest absolute Gasteiger partial charge is 0.278 e. The predicted molar refractivity (Wildman–Crippen MR) is 113 cm³/mol. The molecule has 0 aliphatic carbocycles. The zero-order chi connectivity index (χ0) is 21.4. The predicted octanol–water partition coefficient (Wildman–Crippen LogP) is 2.98. The van der Waals surface area contributed by atoms with Crippen LogP contribution in [0.4, 0.5) is 0 Å². The van der Waals surface area contributed by atoms with Gasteiger partial charge in [-0.1, -0.05) is 18.2 Å². The summed E-state index contributed by atoms with van der Waals surface area (Å²) in [6.07, 6.45) is 0. The van der Waals surface area contributed by atoms with Crippen LogP contribution in [0.25, 0.3) is 16.6 Å². The summed E-state index contributed by atoms with van der Waals surface area (Å²) in [5.74, 6) is 1.11. The van der Waals surface area contributed by atoms with Crippen molar-refractivity contribution in [2.75, 3.05) is 0 Å². The Bertz CT molecular complexity index is 1280. The van der Waals surface area contributed by atoms with Crippen LogP contribution in [-0.2, 0) is 11.3 Å². The molecule has 1 N–H and O–H groups in total. The van der Waals surface area contributed by atoms with Gasteiger partial charge in [0.15, 0.2) is 0 Å². The van der Waals surface area contributed by atoms with E-state index in [1.54, 1.807) is 18.5 Å². The minimum Gasteiger partial charge on any atom is -0.465 e. The zero-order valence-electron chi connectivity index (χ0n) is 17.3. The van der Waals surface area contributed by atoms with E-state index in [0.29, 0.717) is 28.1 Å². The third kappa shape index (κ3) is 3.41. The third-order valence-corrected chi connectivity index (χ3v) is 5.12. The Morgan fingerprint density at radius 2 is 1.83 bits per heavy atom. The number of furan rings is 1. The molecule has 4 aromatic rings. The maximum atomic E-state index is 13.2. The van der Waals surface area contributed by atoms with Crippen LogP contribution in [0.2, 0.25) is 0 Å². The summed E-state index contributed by atoms with van der Waals surface area (Å²) in [5.41, 5.74) is 2.35. The Morgan fingerprint density at radius 1 is 1.10 bits per heavy atom. The molecule has 0 bridgehead atoms. The molecular weight excluding hydrogens is 382 g/mol. The molecule has 4 rings (SSSR count). The summed E-state index contributed by atoms with van der Waals surface area (Å²) >= 11 is 0. The van der Waals surface area contributed by atoms with Gasteiger partial charge in [0.2, 0.25) is 5.91 Å². The fourth-order valence-electron chi connectivity index (χ4n) is 3.48. The van der Waals surface area contributed by atoms with Gasteiger partial charge in [-0.15, -0.1) is 0 Å². The molecule has 0 fully saturated rings. The summed E-state index contributed by atoms with van der Waals surface area (Å²) in [6.45, 7) is 7.37.